The van der Waals surface area contributed by atoms with Crippen LogP contribution < -0.4 is 14.2 Å². The minimum atomic E-state index is -1.31. The fourth-order valence-electron chi connectivity index (χ4n) is 6.98. The van der Waals surface area contributed by atoms with Crippen molar-refractivity contribution in [3.05, 3.63) is 76.9 Å². The molecule has 2 fully saturated rings. The van der Waals surface area contributed by atoms with E-state index in [1.54, 1.807) is 13.0 Å². The van der Waals surface area contributed by atoms with Crippen molar-refractivity contribution in [1.29, 1.82) is 0 Å². The number of benzene rings is 3. The lowest BCUT2D eigenvalue weighted by Crippen LogP contribution is -2.27. The average molecular weight is 635 g/mol. The van der Waals surface area contributed by atoms with Crippen LogP contribution in [0.15, 0.2) is 36.4 Å². The number of ether oxygens (including phenoxy) is 3. The number of halogens is 6. The van der Waals surface area contributed by atoms with Crippen LogP contribution in [0, 0.1) is 52.7 Å². The summed E-state index contributed by atoms with van der Waals surface area (Å²) in [6.45, 7) is 4.25. The minimum absolute atomic E-state index is 0.00691. The molecule has 244 valence electrons. The van der Waals surface area contributed by atoms with E-state index in [1.165, 1.54) is 30.3 Å². The molecule has 2 aliphatic carbocycles. The largest absolute Gasteiger partial charge is 0.491 e. The topological polar surface area (TPSA) is 27.7 Å². The molecule has 0 N–H and O–H groups in total. The molecule has 3 aromatic carbocycles. The van der Waals surface area contributed by atoms with Crippen LogP contribution in [0.5, 0.6) is 17.2 Å². The third-order valence-electron chi connectivity index (χ3n) is 9.47. The van der Waals surface area contributed by atoms with Crippen molar-refractivity contribution in [2.45, 2.75) is 77.6 Å². The third kappa shape index (κ3) is 7.23. The summed E-state index contributed by atoms with van der Waals surface area (Å²) in [6, 6.07) is 7.99. The van der Waals surface area contributed by atoms with Gasteiger partial charge >= 0.3 is 0 Å². The highest BCUT2D eigenvalue weighted by Gasteiger charge is 2.33. The van der Waals surface area contributed by atoms with Crippen molar-refractivity contribution in [3.63, 3.8) is 0 Å². The fraction of sp³-hybridized carbons (Fsp3) is 0.500. The highest BCUT2D eigenvalue weighted by molar-refractivity contribution is 5.67. The highest BCUT2D eigenvalue weighted by atomic mass is 19.2. The number of hydrogen-bond donors (Lipinski definition) is 0. The van der Waals surface area contributed by atoms with Gasteiger partial charge in [0.1, 0.15) is 0 Å². The zero-order valence-electron chi connectivity index (χ0n) is 25.8. The van der Waals surface area contributed by atoms with Crippen molar-refractivity contribution in [3.8, 4) is 28.4 Å². The van der Waals surface area contributed by atoms with Crippen molar-refractivity contribution in [2.75, 3.05) is 19.8 Å². The molecule has 0 aromatic heterocycles. The van der Waals surface area contributed by atoms with Gasteiger partial charge in [-0.25, -0.2) is 13.2 Å². The van der Waals surface area contributed by atoms with Crippen LogP contribution >= 0.6 is 0 Å². The van der Waals surface area contributed by atoms with E-state index in [0.717, 1.165) is 51.4 Å². The lowest BCUT2D eigenvalue weighted by molar-refractivity contribution is 0.129. The number of hydrogen-bond acceptors (Lipinski definition) is 3. The highest BCUT2D eigenvalue weighted by Crippen LogP contribution is 2.45. The normalized spacial score (nSPS) is 21.9. The van der Waals surface area contributed by atoms with E-state index in [1.807, 2.05) is 6.92 Å². The molecule has 2 saturated carbocycles. The predicted octanol–water partition coefficient (Wildman–Crippen LogP) is 10.5. The van der Waals surface area contributed by atoms with E-state index < -0.39 is 46.0 Å². The second-order valence-electron chi connectivity index (χ2n) is 12.2. The Bertz CT molecular complexity index is 1460. The Morgan fingerprint density at radius 2 is 1.02 bits per heavy atom. The van der Waals surface area contributed by atoms with Gasteiger partial charge in [-0.2, -0.15) is 13.2 Å². The summed E-state index contributed by atoms with van der Waals surface area (Å²) in [4.78, 5) is 0. The fourth-order valence-corrected chi connectivity index (χ4v) is 6.98. The summed E-state index contributed by atoms with van der Waals surface area (Å²) in [7, 11) is 0. The van der Waals surface area contributed by atoms with Gasteiger partial charge in [0.25, 0.3) is 0 Å². The van der Waals surface area contributed by atoms with E-state index in [-0.39, 0.29) is 48.9 Å². The molecule has 5 rings (SSSR count). The molecule has 0 atom stereocenters. The van der Waals surface area contributed by atoms with Gasteiger partial charge in [0, 0.05) is 11.1 Å². The maximum atomic E-state index is 15.0. The molecule has 0 spiro atoms. The van der Waals surface area contributed by atoms with Crippen LogP contribution in [-0.4, -0.2) is 19.8 Å². The van der Waals surface area contributed by atoms with Gasteiger partial charge in [-0.05, 0) is 124 Å². The first-order valence-electron chi connectivity index (χ1n) is 16.1. The Hall–Kier alpha value is -3.36. The molecule has 3 nitrogen and oxygen atoms in total. The van der Waals surface area contributed by atoms with Gasteiger partial charge in [-0.15, -0.1) is 0 Å². The van der Waals surface area contributed by atoms with Gasteiger partial charge in [0.15, 0.2) is 34.7 Å². The average Bonchev–Trinajstić information content (AvgIpc) is 3.05. The van der Waals surface area contributed by atoms with E-state index >= 15 is 0 Å². The first kappa shape index (κ1) is 33.0. The van der Waals surface area contributed by atoms with Gasteiger partial charge in [-0.3, -0.25) is 0 Å². The van der Waals surface area contributed by atoms with Crippen LogP contribution in [0.1, 0.15) is 83.1 Å². The van der Waals surface area contributed by atoms with Gasteiger partial charge in [0.2, 0.25) is 17.5 Å². The zero-order chi connectivity index (χ0) is 32.1. The van der Waals surface area contributed by atoms with Crippen LogP contribution in [0.2, 0.25) is 0 Å². The first-order valence-corrected chi connectivity index (χ1v) is 16.1. The Morgan fingerprint density at radius 3 is 1.58 bits per heavy atom. The summed E-state index contributed by atoms with van der Waals surface area (Å²) in [6.07, 6.45) is 7.92. The van der Waals surface area contributed by atoms with Gasteiger partial charge < -0.3 is 14.2 Å². The third-order valence-corrected chi connectivity index (χ3v) is 9.47. The first-order chi connectivity index (χ1) is 21.7. The zero-order valence-corrected chi connectivity index (χ0v) is 25.8. The molecule has 3 aromatic rings. The van der Waals surface area contributed by atoms with Crippen molar-refractivity contribution in [2.24, 2.45) is 17.8 Å². The molecule has 2 aliphatic rings. The van der Waals surface area contributed by atoms with Crippen LogP contribution in [0.25, 0.3) is 11.1 Å². The minimum Gasteiger partial charge on any atom is -0.491 e. The second kappa shape index (κ2) is 14.8. The molecule has 9 heteroatoms. The Kier molecular flexibility index (Phi) is 10.9. The number of rotatable bonds is 11. The van der Waals surface area contributed by atoms with Crippen molar-refractivity contribution >= 4 is 0 Å². The summed E-state index contributed by atoms with van der Waals surface area (Å²) < 4.78 is 104. The molecule has 0 saturated heterocycles. The maximum Gasteiger partial charge on any atom is 0.201 e. The van der Waals surface area contributed by atoms with Crippen LogP contribution in [-0.2, 0) is 0 Å². The lowest BCUT2D eigenvalue weighted by atomic mass is 9.68. The van der Waals surface area contributed by atoms with E-state index in [2.05, 4.69) is 0 Å². The predicted molar refractivity (Wildman–Crippen MR) is 161 cm³/mol. The monoisotopic (exact) mass is 634 g/mol. The van der Waals surface area contributed by atoms with Crippen LogP contribution in [0.3, 0.4) is 0 Å². The Labute approximate surface area is 260 Å². The summed E-state index contributed by atoms with van der Waals surface area (Å²) in [5.74, 6) is -6.18. The summed E-state index contributed by atoms with van der Waals surface area (Å²) in [5, 5.41) is 0. The maximum absolute atomic E-state index is 15.0. The van der Waals surface area contributed by atoms with Gasteiger partial charge in [0.05, 0.1) is 19.8 Å². The van der Waals surface area contributed by atoms with Gasteiger partial charge in [-0.1, -0.05) is 13.0 Å². The van der Waals surface area contributed by atoms with E-state index in [0.29, 0.717) is 23.8 Å². The smallest absolute Gasteiger partial charge is 0.201 e. The summed E-state index contributed by atoms with van der Waals surface area (Å²) in [5.41, 5.74) is -0.369. The van der Waals surface area contributed by atoms with Crippen molar-refractivity contribution in [1.82, 2.24) is 0 Å². The Balaban J connectivity index is 1.12. The summed E-state index contributed by atoms with van der Waals surface area (Å²) >= 11 is 0. The van der Waals surface area contributed by atoms with E-state index in [4.69, 9.17) is 14.2 Å². The molecule has 0 aliphatic heterocycles. The molecule has 0 unspecified atom stereocenters. The molecule has 0 bridgehead atoms. The standard InChI is InChI=1S/C36H40F6O3/c1-3-19-44-29-17-14-26(32(38)35(29)41)27-15-18-30(36(42)33(27)39)45-20-21-5-7-22(8-6-21)23-9-11-24(12-10-23)25-13-16-28(43-4-2)34(40)31(25)37/h13-18,21-24H,3-12,19-20H2,1-2H3. The van der Waals surface area contributed by atoms with E-state index in [9.17, 15) is 26.3 Å². The van der Waals surface area contributed by atoms with Crippen molar-refractivity contribution < 1.29 is 40.6 Å². The quantitative estimate of drug-likeness (QED) is 0.197. The molecular formula is C36H40F6O3. The molecule has 45 heavy (non-hydrogen) atoms. The molecule has 0 amide bonds. The van der Waals surface area contributed by atoms with Crippen LogP contribution in [0.4, 0.5) is 26.3 Å². The molecule has 0 heterocycles. The second-order valence-corrected chi connectivity index (χ2v) is 12.2. The molecule has 0 radical (unpaired) electrons. The Morgan fingerprint density at radius 1 is 0.533 bits per heavy atom. The molecular weight excluding hydrogens is 594 g/mol. The lowest BCUT2D eigenvalue weighted by Gasteiger charge is -2.38. The SMILES string of the molecule is CCCOc1ccc(-c2ccc(OCC3CCC(C4CCC(c5ccc(OCC)c(F)c5F)CC4)CC3)c(F)c2F)c(F)c1F.